The number of methoxy groups -OCH3 is 1. The maximum absolute atomic E-state index is 11.4. The fraction of sp³-hybridized carbons (Fsp3) is 0.364. The van der Waals surface area contributed by atoms with Gasteiger partial charge in [-0.1, -0.05) is 12.1 Å². The predicted octanol–water partition coefficient (Wildman–Crippen LogP) is 1.33. The van der Waals surface area contributed by atoms with Crippen LogP contribution >= 0.6 is 0 Å². The van der Waals surface area contributed by atoms with Gasteiger partial charge in [0.1, 0.15) is 5.75 Å². The zero-order valence-corrected chi connectivity index (χ0v) is 8.78. The molecule has 0 fully saturated rings. The van der Waals surface area contributed by atoms with Gasteiger partial charge in [0.25, 0.3) is 0 Å². The summed E-state index contributed by atoms with van der Waals surface area (Å²) in [6, 6.07) is 7.52. The summed E-state index contributed by atoms with van der Waals surface area (Å²) in [5.74, 6) is 0.918. The summed E-state index contributed by atoms with van der Waals surface area (Å²) in [5, 5.41) is 0. The first-order valence-corrected chi connectivity index (χ1v) is 4.46. The molecule has 76 valence electrons. The molecule has 1 aromatic carbocycles. The molecule has 3 nitrogen and oxygen atoms in total. The van der Waals surface area contributed by atoms with Gasteiger partial charge >= 0.3 is 0 Å². The van der Waals surface area contributed by atoms with Crippen LogP contribution in [0.15, 0.2) is 24.3 Å². The van der Waals surface area contributed by atoms with E-state index >= 15 is 0 Å². The molecule has 0 aromatic heterocycles. The predicted molar refractivity (Wildman–Crippen MR) is 55.4 cm³/mol. The van der Waals surface area contributed by atoms with Gasteiger partial charge in [-0.3, -0.25) is 4.79 Å². The van der Waals surface area contributed by atoms with Crippen molar-refractivity contribution in [2.45, 2.75) is 6.42 Å². The number of carbonyl (C=O) groups is 1. The fourth-order valence-corrected chi connectivity index (χ4v) is 1.08. The van der Waals surface area contributed by atoms with E-state index in [1.807, 2.05) is 24.3 Å². The number of hydrogen-bond acceptors (Lipinski definition) is 2. The van der Waals surface area contributed by atoms with Crippen LogP contribution in [0, 0.1) is 0 Å². The molecule has 1 aromatic rings. The Balaban J connectivity index is 2.64. The summed E-state index contributed by atoms with van der Waals surface area (Å²) in [5.41, 5.74) is 1.00. The lowest BCUT2D eigenvalue weighted by atomic mass is 10.1. The van der Waals surface area contributed by atoms with Crippen molar-refractivity contribution >= 4 is 5.91 Å². The molecule has 0 bridgehead atoms. The zero-order chi connectivity index (χ0) is 10.6. The highest BCUT2D eigenvalue weighted by Gasteiger charge is 2.04. The molecule has 14 heavy (non-hydrogen) atoms. The Morgan fingerprint density at radius 1 is 1.29 bits per heavy atom. The molecule has 0 aliphatic heterocycles. The van der Waals surface area contributed by atoms with Crippen molar-refractivity contribution in [3.05, 3.63) is 29.8 Å². The molecular formula is C11H15NO2. The molecule has 1 amide bonds. The molecular weight excluding hydrogens is 178 g/mol. The van der Waals surface area contributed by atoms with E-state index in [0.29, 0.717) is 6.42 Å². The molecule has 0 heterocycles. The topological polar surface area (TPSA) is 29.5 Å². The SMILES string of the molecule is COc1ccc(CC(=O)N(C)C)cc1. The summed E-state index contributed by atoms with van der Waals surface area (Å²) in [6.45, 7) is 0. The second-order valence-electron chi connectivity index (χ2n) is 3.31. The van der Waals surface area contributed by atoms with Gasteiger partial charge in [-0.25, -0.2) is 0 Å². The maximum Gasteiger partial charge on any atom is 0.226 e. The number of amides is 1. The monoisotopic (exact) mass is 193 g/mol. The molecule has 0 unspecified atom stereocenters. The molecule has 0 saturated carbocycles. The summed E-state index contributed by atoms with van der Waals surface area (Å²) < 4.78 is 5.03. The van der Waals surface area contributed by atoms with Crippen molar-refractivity contribution in [3.8, 4) is 5.75 Å². The number of carbonyl (C=O) groups excluding carboxylic acids is 1. The van der Waals surface area contributed by atoms with Gasteiger partial charge < -0.3 is 9.64 Å². The third-order valence-corrected chi connectivity index (χ3v) is 2.01. The molecule has 0 spiro atoms. The molecule has 3 heteroatoms. The van der Waals surface area contributed by atoms with Crippen LogP contribution in [-0.4, -0.2) is 32.0 Å². The smallest absolute Gasteiger partial charge is 0.226 e. The van der Waals surface area contributed by atoms with E-state index in [9.17, 15) is 4.79 Å². The molecule has 0 aliphatic carbocycles. The first kappa shape index (κ1) is 10.6. The van der Waals surface area contributed by atoms with Crippen molar-refractivity contribution in [2.75, 3.05) is 21.2 Å². The number of rotatable bonds is 3. The Morgan fingerprint density at radius 3 is 2.29 bits per heavy atom. The minimum atomic E-state index is 0.107. The second kappa shape index (κ2) is 4.65. The van der Waals surface area contributed by atoms with Crippen LogP contribution in [0.25, 0.3) is 0 Å². The molecule has 0 N–H and O–H groups in total. The lowest BCUT2D eigenvalue weighted by Gasteiger charge is -2.10. The zero-order valence-electron chi connectivity index (χ0n) is 8.78. The highest BCUT2D eigenvalue weighted by atomic mass is 16.5. The summed E-state index contributed by atoms with van der Waals surface area (Å²) in [6.07, 6.45) is 0.441. The molecule has 1 rings (SSSR count). The van der Waals surface area contributed by atoms with E-state index in [1.54, 1.807) is 26.1 Å². The first-order chi connectivity index (χ1) is 6.63. The van der Waals surface area contributed by atoms with E-state index in [-0.39, 0.29) is 5.91 Å². The Morgan fingerprint density at radius 2 is 1.86 bits per heavy atom. The fourth-order valence-electron chi connectivity index (χ4n) is 1.08. The van der Waals surface area contributed by atoms with E-state index in [4.69, 9.17) is 4.74 Å². The highest BCUT2D eigenvalue weighted by molar-refractivity contribution is 5.78. The van der Waals surface area contributed by atoms with Gasteiger partial charge in [0.05, 0.1) is 13.5 Å². The maximum atomic E-state index is 11.4. The van der Waals surface area contributed by atoms with Gasteiger partial charge in [0, 0.05) is 14.1 Å². The van der Waals surface area contributed by atoms with Crippen LogP contribution in [0.1, 0.15) is 5.56 Å². The van der Waals surface area contributed by atoms with Crippen molar-refractivity contribution < 1.29 is 9.53 Å². The molecule has 0 saturated heterocycles. The summed E-state index contributed by atoms with van der Waals surface area (Å²) >= 11 is 0. The van der Waals surface area contributed by atoms with Crippen LogP contribution in [0.4, 0.5) is 0 Å². The normalized spacial score (nSPS) is 9.64. The van der Waals surface area contributed by atoms with E-state index in [2.05, 4.69) is 0 Å². The Hall–Kier alpha value is -1.51. The largest absolute Gasteiger partial charge is 0.497 e. The van der Waals surface area contributed by atoms with E-state index in [1.165, 1.54) is 0 Å². The minimum absolute atomic E-state index is 0.107. The second-order valence-corrected chi connectivity index (χ2v) is 3.31. The number of ether oxygens (including phenoxy) is 1. The summed E-state index contributed by atoms with van der Waals surface area (Å²) in [4.78, 5) is 12.9. The van der Waals surface area contributed by atoms with Gasteiger partial charge in [-0.15, -0.1) is 0 Å². The Labute approximate surface area is 84.3 Å². The van der Waals surface area contributed by atoms with Crippen LogP contribution in [0.2, 0.25) is 0 Å². The highest BCUT2D eigenvalue weighted by Crippen LogP contribution is 2.11. The van der Waals surface area contributed by atoms with E-state index in [0.717, 1.165) is 11.3 Å². The van der Waals surface area contributed by atoms with Crippen molar-refractivity contribution in [2.24, 2.45) is 0 Å². The molecule has 0 aliphatic rings. The number of benzene rings is 1. The summed E-state index contributed by atoms with van der Waals surface area (Å²) in [7, 11) is 5.14. The van der Waals surface area contributed by atoms with Crippen LogP contribution in [0.5, 0.6) is 5.75 Å². The quantitative estimate of drug-likeness (QED) is 0.724. The third kappa shape index (κ3) is 2.76. The number of likely N-dealkylation sites (N-methyl/N-ethyl adjacent to an activating group) is 1. The standard InChI is InChI=1S/C11H15NO2/c1-12(2)11(13)8-9-4-6-10(14-3)7-5-9/h4-7H,8H2,1-3H3. The lowest BCUT2D eigenvalue weighted by molar-refractivity contribution is -0.127. The van der Waals surface area contributed by atoms with Crippen LogP contribution in [0.3, 0.4) is 0 Å². The van der Waals surface area contributed by atoms with Crippen molar-refractivity contribution in [3.63, 3.8) is 0 Å². The van der Waals surface area contributed by atoms with Crippen molar-refractivity contribution in [1.82, 2.24) is 4.90 Å². The number of nitrogens with zero attached hydrogens (tertiary/aromatic N) is 1. The first-order valence-electron chi connectivity index (χ1n) is 4.46. The van der Waals surface area contributed by atoms with Gasteiger partial charge in [0.15, 0.2) is 0 Å². The third-order valence-electron chi connectivity index (χ3n) is 2.01. The minimum Gasteiger partial charge on any atom is -0.497 e. The van der Waals surface area contributed by atoms with Crippen molar-refractivity contribution in [1.29, 1.82) is 0 Å². The molecule has 0 atom stereocenters. The van der Waals surface area contributed by atoms with Crippen LogP contribution in [-0.2, 0) is 11.2 Å². The Bertz CT molecular complexity index is 304. The average molecular weight is 193 g/mol. The molecule has 0 radical (unpaired) electrons. The lowest BCUT2D eigenvalue weighted by Crippen LogP contribution is -2.23. The Kier molecular flexibility index (Phi) is 3.51. The van der Waals surface area contributed by atoms with E-state index < -0.39 is 0 Å². The van der Waals surface area contributed by atoms with Gasteiger partial charge in [-0.2, -0.15) is 0 Å². The van der Waals surface area contributed by atoms with Gasteiger partial charge in [-0.05, 0) is 17.7 Å². The van der Waals surface area contributed by atoms with Gasteiger partial charge in [0.2, 0.25) is 5.91 Å². The average Bonchev–Trinajstić information content (AvgIpc) is 2.19. The number of hydrogen-bond donors (Lipinski definition) is 0. The van der Waals surface area contributed by atoms with Crippen LogP contribution < -0.4 is 4.74 Å².